The lowest BCUT2D eigenvalue weighted by atomic mass is 9.98. The summed E-state index contributed by atoms with van der Waals surface area (Å²) in [5.74, 6) is -0.789. The molecule has 13 heteroatoms. The quantitative estimate of drug-likeness (QED) is 0.145. The second-order valence-corrected chi connectivity index (χ2v) is 12.6. The Labute approximate surface area is 282 Å². The fourth-order valence-electron chi connectivity index (χ4n) is 6.16. The van der Waals surface area contributed by atoms with Crippen molar-refractivity contribution >= 4 is 46.4 Å². The minimum absolute atomic E-state index is 0.0400. The van der Waals surface area contributed by atoms with Gasteiger partial charge in [0.05, 0.1) is 45.9 Å². The topological polar surface area (TPSA) is 145 Å². The van der Waals surface area contributed by atoms with E-state index in [4.69, 9.17) is 28.3 Å². The molecule has 11 nitrogen and oxygen atoms in total. The van der Waals surface area contributed by atoms with Gasteiger partial charge in [0.25, 0.3) is 11.8 Å². The van der Waals surface area contributed by atoms with Crippen molar-refractivity contribution in [1.29, 1.82) is 0 Å². The van der Waals surface area contributed by atoms with Gasteiger partial charge in [-0.05, 0) is 55.5 Å². The van der Waals surface area contributed by atoms with E-state index >= 15 is 0 Å². The lowest BCUT2D eigenvalue weighted by Gasteiger charge is -2.38. The van der Waals surface area contributed by atoms with Crippen molar-refractivity contribution in [3.8, 4) is 11.1 Å². The molecule has 0 aliphatic carbocycles. The molecular weight excluding hydrogens is 641 g/mol. The highest BCUT2D eigenvalue weighted by molar-refractivity contribution is 6.40. The molecule has 2 aromatic heterocycles. The van der Waals surface area contributed by atoms with E-state index in [0.717, 1.165) is 56.6 Å². The molecule has 2 aliphatic heterocycles. The van der Waals surface area contributed by atoms with Gasteiger partial charge in [-0.3, -0.25) is 24.2 Å². The third-order valence-corrected chi connectivity index (χ3v) is 9.45. The summed E-state index contributed by atoms with van der Waals surface area (Å²) in [4.78, 5) is 33.1. The maximum absolute atomic E-state index is 13.4. The smallest absolute Gasteiger partial charge is 0.276 e. The van der Waals surface area contributed by atoms with Crippen LogP contribution in [0.5, 0.6) is 0 Å². The summed E-state index contributed by atoms with van der Waals surface area (Å²) < 4.78 is 1.92. The predicted molar refractivity (Wildman–Crippen MR) is 182 cm³/mol. The van der Waals surface area contributed by atoms with Crippen LogP contribution in [0.25, 0.3) is 11.1 Å². The van der Waals surface area contributed by atoms with Crippen molar-refractivity contribution in [2.24, 2.45) is 0 Å². The van der Waals surface area contributed by atoms with Crippen LogP contribution in [0, 0.1) is 0 Å². The van der Waals surface area contributed by atoms with Crippen LogP contribution in [0.2, 0.25) is 10.0 Å². The Bertz CT molecular complexity index is 1740. The number of amides is 2. The van der Waals surface area contributed by atoms with Crippen LogP contribution in [-0.4, -0.2) is 74.0 Å². The maximum atomic E-state index is 13.4. The highest BCUT2D eigenvalue weighted by Gasteiger charge is 2.31. The van der Waals surface area contributed by atoms with Gasteiger partial charge in [0.2, 0.25) is 0 Å². The molecule has 5 N–H and O–H groups in total. The number of hydrogen-bond donors (Lipinski definition) is 5. The van der Waals surface area contributed by atoms with Crippen molar-refractivity contribution in [3.63, 3.8) is 0 Å². The Hall–Kier alpha value is -3.84. The number of aliphatic hydroxyl groups is 2. The van der Waals surface area contributed by atoms with Gasteiger partial charge in [-0.15, -0.1) is 0 Å². The fourth-order valence-corrected chi connectivity index (χ4v) is 6.71. The summed E-state index contributed by atoms with van der Waals surface area (Å²) >= 11 is 13.7. The first-order valence-corrected chi connectivity index (χ1v) is 16.5. The monoisotopic (exact) mass is 677 g/mol. The average Bonchev–Trinajstić information content (AvgIpc) is 3.53. The molecule has 0 spiro atoms. The molecule has 2 aromatic carbocycles. The zero-order valence-corrected chi connectivity index (χ0v) is 27.3. The largest absolute Gasteiger partial charge is 0.395 e. The summed E-state index contributed by atoms with van der Waals surface area (Å²) in [5, 5.41) is 32.9. The number of carbonyl (C=O) groups is 2. The molecule has 4 aromatic rings. The number of anilines is 2. The van der Waals surface area contributed by atoms with E-state index in [-0.39, 0.29) is 35.4 Å². The third kappa shape index (κ3) is 7.51. The van der Waals surface area contributed by atoms with Gasteiger partial charge in [0.1, 0.15) is 5.69 Å². The van der Waals surface area contributed by atoms with Crippen molar-refractivity contribution in [3.05, 3.63) is 93.5 Å². The van der Waals surface area contributed by atoms with E-state index in [1.165, 1.54) is 0 Å². The second-order valence-electron chi connectivity index (χ2n) is 11.8. The van der Waals surface area contributed by atoms with Crippen molar-refractivity contribution in [2.45, 2.75) is 50.9 Å². The standard InChI is InChI=1S/C34H37Cl2N7O4/c35-31-23(4-1-6-25(31)39-33(46)27-10-9-21(20-38-27)19-37-13-17-44)24-5-2-7-26(32(24)36)40-34(47)28-18-30-29(8-3-14-43(30)41-28)42-15-11-22(45)12-16-42/h1-2,4-7,9-10,18,20,22,29,37,44-45H,3,8,11-17,19H2,(H,39,46)(H,40,47). The Morgan fingerprint density at radius 3 is 2.15 bits per heavy atom. The van der Waals surface area contributed by atoms with Gasteiger partial charge in [-0.1, -0.05) is 53.5 Å². The highest BCUT2D eigenvalue weighted by Crippen LogP contribution is 2.40. The molecular formula is C34H37Cl2N7O4. The SMILES string of the molecule is O=C(Nc1cccc(-c2cccc(NC(=O)c3cc4n(n3)CCCC4N3CCC(O)CC3)c2Cl)c1Cl)c1ccc(CNCCO)cn1. The normalized spacial score (nSPS) is 16.9. The first kappa shape index (κ1) is 33.1. The lowest BCUT2D eigenvalue weighted by molar-refractivity contribution is 0.0512. The van der Waals surface area contributed by atoms with Crippen LogP contribution in [0.4, 0.5) is 11.4 Å². The molecule has 246 valence electrons. The molecule has 1 fully saturated rings. The van der Waals surface area contributed by atoms with Gasteiger partial charge in [0.15, 0.2) is 5.69 Å². The van der Waals surface area contributed by atoms with Crippen LogP contribution in [0.15, 0.2) is 60.8 Å². The van der Waals surface area contributed by atoms with Crippen molar-refractivity contribution in [1.82, 2.24) is 25.0 Å². The number of halogens is 2. The van der Waals surface area contributed by atoms with Gasteiger partial charge in [-0.25, -0.2) is 0 Å². The minimum Gasteiger partial charge on any atom is -0.395 e. The molecule has 6 rings (SSSR count). The number of fused-ring (bicyclic) bond motifs is 1. The molecule has 1 saturated heterocycles. The van der Waals surface area contributed by atoms with E-state index in [1.807, 2.05) is 10.7 Å². The first-order chi connectivity index (χ1) is 22.8. The zero-order chi connectivity index (χ0) is 32.9. The van der Waals surface area contributed by atoms with Crippen LogP contribution in [0.3, 0.4) is 0 Å². The minimum atomic E-state index is -0.422. The maximum Gasteiger partial charge on any atom is 0.276 e. The number of piperidine rings is 1. The number of hydrogen-bond acceptors (Lipinski definition) is 8. The number of benzene rings is 2. The van der Waals surface area contributed by atoms with E-state index < -0.39 is 5.91 Å². The highest BCUT2D eigenvalue weighted by atomic mass is 35.5. The van der Waals surface area contributed by atoms with Crippen LogP contribution < -0.4 is 16.0 Å². The number of aryl methyl sites for hydroxylation is 1. The molecule has 0 radical (unpaired) electrons. The van der Waals surface area contributed by atoms with Gasteiger partial charge in [-0.2, -0.15) is 5.10 Å². The third-order valence-electron chi connectivity index (χ3n) is 8.63. The van der Waals surface area contributed by atoms with Crippen LogP contribution >= 0.6 is 23.2 Å². The van der Waals surface area contributed by atoms with E-state index in [9.17, 15) is 14.7 Å². The zero-order valence-electron chi connectivity index (χ0n) is 25.8. The molecule has 4 heterocycles. The number of nitrogens with one attached hydrogen (secondary N) is 3. The lowest BCUT2D eigenvalue weighted by Crippen LogP contribution is -2.40. The number of rotatable bonds is 10. The summed E-state index contributed by atoms with van der Waals surface area (Å²) in [6.45, 7) is 3.43. The summed E-state index contributed by atoms with van der Waals surface area (Å²) in [5.41, 5.74) is 4.40. The van der Waals surface area contributed by atoms with Crippen molar-refractivity contribution in [2.75, 3.05) is 36.9 Å². The molecule has 2 aliphatic rings. The Kier molecular flexibility index (Phi) is 10.5. The van der Waals surface area contributed by atoms with E-state index in [1.54, 1.807) is 54.7 Å². The van der Waals surface area contributed by atoms with Crippen molar-refractivity contribution < 1.29 is 19.8 Å². The summed E-state index contributed by atoms with van der Waals surface area (Å²) in [7, 11) is 0. The molecule has 0 saturated carbocycles. The fraction of sp³-hybridized carbons (Fsp3) is 0.353. The van der Waals surface area contributed by atoms with E-state index in [2.05, 4.69) is 30.9 Å². The molecule has 0 bridgehead atoms. The first-order valence-electron chi connectivity index (χ1n) is 15.8. The second kappa shape index (κ2) is 14.9. The average molecular weight is 679 g/mol. The summed E-state index contributed by atoms with van der Waals surface area (Å²) in [6, 6.07) is 16.0. The van der Waals surface area contributed by atoms with Gasteiger partial charge in [0, 0.05) is 50.0 Å². The van der Waals surface area contributed by atoms with Crippen LogP contribution in [0.1, 0.15) is 64.0 Å². The number of nitrogens with zero attached hydrogens (tertiary/aromatic N) is 4. The van der Waals surface area contributed by atoms with Crippen LogP contribution in [-0.2, 0) is 13.1 Å². The van der Waals surface area contributed by atoms with Gasteiger partial charge < -0.3 is 26.2 Å². The van der Waals surface area contributed by atoms with E-state index in [0.29, 0.717) is 46.3 Å². The Morgan fingerprint density at radius 2 is 1.53 bits per heavy atom. The Morgan fingerprint density at radius 1 is 0.872 bits per heavy atom. The number of aromatic nitrogens is 3. The molecule has 2 amide bonds. The number of pyridine rings is 1. The molecule has 1 atom stereocenters. The predicted octanol–water partition coefficient (Wildman–Crippen LogP) is 5.13. The molecule has 47 heavy (non-hydrogen) atoms. The Balaban J connectivity index is 1.16. The summed E-state index contributed by atoms with van der Waals surface area (Å²) in [6.07, 6.45) is 4.83. The number of aliphatic hydroxyl groups excluding tert-OH is 2. The number of carbonyl (C=O) groups excluding carboxylic acids is 2. The molecule has 1 unspecified atom stereocenters. The number of likely N-dealkylation sites (tertiary alicyclic amines) is 1. The van der Waals surface area contributed by atoms with Gasteiger partial charge >= 0.3 is 0 Å².